The number of carbonyl (C=O) groups excluding carboxylic acids is 1. The van der Waals surface area contributed by atoms with Crippen molar-refractivity contribution in [2.45, 2.75) is 6.92 Å². The number of ether oxygens (including phenoxy) is 3. The Kier molecular flexibility index (Phi) is 6.68. The standard InChI is InChI=1S/C26H25N3O5/c1-16-5-7-17(8-6-16)21-15-34-25(29-21)18-9-11-19(12-10-18)27-26(30)28-20-13-22(31-2)24(33-4)23(14-20)32-3/h5-15H,1-4H3,(H2,27,28,30). The number of methoxy groups -OCH3 is 3. The molecule has 3 aromatic carbocycles. The molecule has 0 unspecified atom stereocenters. The third-order valence-corrected chi connectivity index (χ3v) is 5.16. The zero-order chi connectivity index (χ0) is 24.1. The maximum atomic E-state index is 12.5. The quantitative estimate of drug-likeness (QED) is 0.353. The molecule has 4 rings (SSSR count). The van der Waals surface area contributed by atoms with Gasteiger partial charge >= 0.3 is 6.03 Å². The highest BCUT2D eigenvalue weighted by Gasteiger charge is 2.15. The minimum absolute atomic E-state index is 0.417. The minimum atomic E-state index is -0.417. The molecule has 0 aliphatic rings. The number of nitrogens with one attached hydrogen (secondary N) is 2. The molecule has 0 aliphatic heterocycles. The number of oxazole rings is 1. The molecule has 2 amide bonds. The number of aromatic nitrogens is 1. The SMILES string of the molecule is COc1cc(NC(=O)Nc2ccc(-c3nc(-c4ccc(C)cc4)co3)cc2)cc(OC)c1OC. The summed E-state index contributed by atoms with van der Waals surface area (Å²) in [5.41, 5.74) is 4.84. The molecule has 1 aromatic heterocycles. The van der Waals surface area contributed by atoms with Gasteiger partial charge in [0.2, 0.25) is 11.6 Å². The maximum absolute atomic E-state index is 12.5. The largest absolute Gasteiger partial charge is 0.493 e. The Balaban J connectivity index is 1.43. The van der Waals surface area contributed by atoms with Crippen molar-refractivity contribution in [3.8, 4) is 40.0 Å². The van der Waals surface area contributed by atoms with Crippen LogP contribution >= 0.6 is 0 Å². The molecule has 0 bridgehead atoms. The molecule has 174 valence electrons. The molecule has 4 aromatic rings. The zero-order valence-electron chi connectivity index (χ0n) is 19.3. The summed E-state index contributed by atoms with van der Waals surface area (Å²) in [5, 5.41) is 5.56. The van der Waals surface area contributed by atoms with Crippen LogP contribution in [-0.4, -0.2) is 32.3 Å². The van der Waals surface area contributed by atoms with Crippen molar-refractivity contribution in [3.63, 3.8) is 0 Å². The molecule has 0 saturated heterocycles. The summed E-state index contributed by atoms with van der Waals surface area (Å²) < 4.78 is 21.6. The maximum Gasteiger partial charge on any atom is 0.323 e. The first-order valence-electron chi connectivity index (χ1n) is 10.5. The first-order valence-corrected chi connectivity index (χ1v) is 10.5. The second-order valence-electron chi connectivity index (χ2n) is 7.47. The summed E-state index contributed by atoms with van der Waals surface area (Å²) in [4.78, 5) is 17.1. The van der Waals surface area contributed by atoms with Crippen molar-refractivity contribution >= 4 is 17.4 Å². The van der Waals surface area contributed by atoms with Crippen LogP contribution in [0.15, 0.2) is 71.3 Å². The number of nitrogens with zero attached hydrogens (tertiary/aromatic N) is 1. The van der Waals surface area contributed by atoms with E-state index in [9.17, 15) is 4.79 Å². The predicted molar refractivity (Wildman–Crippen MR) is 131 cm³/mol. The molecule has 34 heavy (non-hydrogen) atoms. The van der Waals surface area contributed by atoms with Gasteiger partial charge in [0, 0.05) is 28.9 Å². The fraction of sp³-hybridized carbons (Fsp3) is 0.154. The molecule has 0 saturated carbocycles. The van der Waals surface area contributed by atoms with E-state index in [1.807, 2.05) is 43.3 Å². The minimum Gasteiger partial charge on any atom is -0.493 e. The smallest absolute Gasteiger partial charge is 0.323 e. The van der Waals surface area contributed by atoms with Crippen LogP contribution in [0.25, 0.3) is 22.7 Å². The van der Waals surface area contributed by atoms with Gasteiger partial charge in [0.15, 0.2) is 11.5 Å². The highest BCUT2D eigenvalue weighted by molar-refractivity contribution is 6.00. The lowest BCUT2D eigenvalue weighted by molar-refractivity contribution is 0.262. The summed E-state index contributed by atoms with van der Waals surface area (Å²) in [6.07, 6.45) is 1.64. The van der Waals surface area contributed by atoms with Crippen LogP contribution in [0.5, 0.6) is 17.2 Å². The Bertz CT molecular complexity index is 1260. The Morgan fingerprint density at radius 1 is 0.794 bits per heavy atom. The second kappa shape index (κ2) is 9.99. The van der Waals surface area contributed by atoms with Gasteiger partial charge in [-0.25, -0.2) is 9.78 Å². The molecule has 8 heteroatoms. The van der Waals surface area contributed by atoms with Crippen molar-refractivity contribution in [3.05, 3.63) is 72.5 Å². The van der Waals surface area contributed by atoms with Crippen LogP contribution in [0, 0.1) is 6.92 Å². The van der Waals surface area contributed by atoms with Crippen LogP contribution in [0.2, 0.25) is 0 Å². The molecule has 0 fully saturated rings. The topological polar surface area (TPSA) is 94.9 Å². The number of aryl methyl sites for hydroxylation is 1. The lowest BCUT2D eigenvalue weighted by Gasteiger charge is -2.15. The van der Waals surface area contributed by atoms with Gasteiger partial charge in [-0.2, -0.15) is 0 Å². The molecule has 0 spiro atoms. The lowest BCUT2D eigenvalue weighted by atomic mass is 10.1. The van der Waals surface area contributed by atoms with Crippen LogP contribution < -0.4 is 24.8 Å². The number of amides is 2. The number of hydrogen-bond donors (Lipinski definition) is 2. The summed E-state index contributed by atoms with van der Waals surface area (Å²) in [6.45, 7) is 2.04. The molecule has 0 radical (unpaired) electrons. The Morgan fingerprint density at radius 3 is 1.97 bits per heavy atom. The van der Waals surface area contributed by atoms with Gasteiger partial charge in [0.05, 0.1) is 27.0 Å². The summed E-state index contributed by atoms with van der Waals surface area (Å²) in [6, 6.07) is 18.2. The Morgan fingerprint density at radius 2 is 1.38 bits per heavy atom. The van der Waals surface area contributed by atoms with Crippen LogP contribution in [0.4, 0.5) is 16.2 Å². The summed E-state index contributed by atoms with van der Waals surface area (Å²) >= 11 is 0. The number of benzene rings is 3. The molecular formula is C26H25N3O5. The molecule has 2 N–H and O–H groups in total. The van der Waals surface area contributed by atoms with Crippen molar-refractivity contribution in [1.29, 1.82) is 0 Å². The monoisotopic (exact) mass is 459 g/mol. The van der Waals surface area contributed by atoms with Gasteiger partial charge in [-0.15, -0.1) is 0 Å². The van der Waals surface area contributed by atoms with E-state index in [4.69, 9.17) is 18.6 Å². The second-order valence-corrected chi connectivity index (χ2v) is 7.47. The fourth-order valence-electron chi connectivity index (χ4n) is 3.41. The third-order valence-electron chi connectivity index (χ3n) is 5.16. The van der Waals surface area contributed by atoms with E-state index < -0.39 is 6.03 Å². The van der Waals surface area contributed by atoms with Gasteiger partial charge in [-0.3, -0.25) is 0 Å². The first-order chi connectivity index (χ1) is 16.5. The molecule has 8 nitrogen and oxygen atoms in total. The average molecular weight is 460 g/mol. The van der Waals surface area contributed by atoms with Crippen molar-refractivity contribution in [2.24, 2.45) is 0 Å². The van der Waals surface area contributed by atoms with Crippen molar-refractivity contribution in [2.75, 3.05) is 32.0 Å². The third kappa shape index (κ3) is 4.96. The molecular weight excluding hydrogens is 434 g/mol. The Hall–Kier alpha value is -4.46. The highest BCUT2D eigenvalue weighted by atomic mass is 16.5. The Labute approximate surface area is 197 Å². The summed E-state index contributed by atoms with van der Waals surface area (Å²) in [7, 11) is 4.55. The van der Waals surface area contributed by atoms with E-state index in [0.717, 1.165) is 16.8 Å². The average Bonchev–Trinajstić information content (AvgIpc) is 3.34. The van der Waals surface area contributed by atoms with Crippen molar-refractivity contribution < 1.29 is 23.4 Å². The highest BCUT2D eigenvalue weighted by Crippen LogP contribution is 2.40. The van der Waals surface area contributed by atoms with E-state index in [-0.39, 0.29) is 0 Å². The van der Waals surface area contributed by atoms with Crippen molar-refractivity contribution in [1.82, 2.24) is 4.98 Å². The number of carbonyl (C=O) groups is 1. The normalized spacial score (nSPS) is 10.5. The molecule has 1 heterocycles. The lowest BCUT2D eigenvalue weighted by Crippen LogP contribution is -2.19. The van der Waals surface area contributed by atoms with Crippen LogP contribution in [0.1, 0.15) is 5.56 Å². The number of urea groups is 1. The van der Waals surface area contributed by atoms with Gasteiger partial charge in [-0.1, -0.05) is 29.8 Å². The molecule has 0 atom stereocenters. The van der Waals surface area contributed by atoms with Gasteiger partial charge < -0.3 is 29.3 Å². The van der Waals surface area contributed by atoms with E-state index in [0.29, 0.717) is 34.5 Å². The summed E-state index contributed by atoms with van der Waals surface area (Å²) in [5.74, 6) is 1.84. The van der Waals surface area contributed by atoms with E-state index >= 15 is 0 Å². The van der Waals surface area contributed by atoms with Crippen LogP contribution in [0.3, 0.4) is 0 Å². The molecule has 0 aliphatic carbocycles. The van der Waals surface area contributed by atoms with Gasteiger partial charge in [0.25, 0.3) is 0 Å². The predicted octanol–water partition coefficient (Wildman–Crippen LogP) is 5.99. The number of rotatable bonds is 7. The van der Waals surface area contributed by atoms with Gasteiger partial charge in [0.1, 0.15) is 12.0 Å². The van der Waals surface area contributed by atoms with E-state index in [2.05, 4.69) is 15.6 Å². The number of anilines is 2. The van der Waals surface area contributed by atoms with Gasteiger partial charge in [-0.05, 0) is 31.2 Å². The zero-order valence-corrected chi connectivity index (χ0v) is 19.3. The fourth-order valence-corrected chi connectivity index (χ4v) is 3.41. The van der Waals surface area contributed by atoms with E-state index in [1.54, 1.807) is 30.5 Å². The number of hydrogen-bond acceptors (Lipinski definition) is 6. The van der Waals surface area contributed by atoms with Crippen LogP contribution in [-0.2, 0) is 0 Å². The first kappa shape index (κ1) is 22.7. The van der Waals surface area contributed by atoms with E-state index in [1.165, 1.54) is 26.9 Å².